The lowest BCUT2D eigenvalue weighted by Crippen LogP contribution is -2.66. The van der Waals surface area contributed by atoms with Crippen LogP contribution in [0.2, 0.25) is 0 Å². The first kappa shape index (κ1) is 26.1. The minimum absolute atomic E-state index is 0.101. The normalized spacial score (nSPS) is 19.5. The standard InChI is InChI=1S/C26H22F2N4O7S/c1-36-26(35)39-13-38-23-22-25(34)30-8-9-37-10-19(30)32(31(22)12-29-24(23)33)21-14-6-7-17(27)20(28)16(14)11-40-18-5-3-2-4-15(18)21/h2-7,12,19,21H,8-11,13H2,1H3/t19-,21+/m1/s1. The van der Waals surface area contributed by atoms with Crippen molar-refractivity contribution in [1.82, 2.24) is 14.6 Å². The number of nitrogens with zero attached hydrogens (tertiary/aromatic N) is 4. The van der Waals surface area contributed by atoms with Gasteiger partial charge in [0, 0.05) is 22.8 Å². The van der Waals surface area contributed by atoms with Crippen LogP contribution in [0, 0.1) is 11.6 Å². The number of amides is 1. The van der Waals surface area contributed by atoms with E-state index < -0.39 is 54.0 Å². The van der Waals surface area contributed by atoms with E-state index >= 15 is 4.39 Å². The molecule has 0 N–H and O–H groups in total. The Hall–Kier alpha value is -4.17. The predicted molar refractivity (Wildman–Crippen MR) is 136 cm³/mol. The summed E-state index contributed by atoms with van der Waals surface area (Å²) in [4.78, 5) is 44.3. The number of carbonyl (C=O) groups is 2. The molecule has 11 nitrogen and oxygen atoms in total. The van der Waals surface area contributed by atoms with Gasteiger partial charge in [-0.15, -0.1) is 11.8 Å². The smallest absolute Gasteiger partial charge is 0.449 e. The molecule has 1 amide bonds. The van der Waals surface area contributed by atoms with Crippen molar-refractivity contribution in [3.05, 3.63) is 87.1 Å². The molecule has 3 aliphatic heterocycles. The summed E-state index contributed by atoms with van der Waals surface area (Å²) in [5.74, 6) is -2.70. The molecule has 0 spiro atoms. The van der Waals surface area contributed by atoms with Crippen molar-refractivity contribution in [3.63, 3.8) is 0 Å². The second-order valence-electron chi connectivity index (χ2n) is 9.02. The van der Waals surface area contributed by atoms with Gasteiger partial charge in [-0.1, -0.05) is 24.3 Å². The second kappa shape index (κ2) is 10.4. The van der Waals surface area contributed by atoms with E-state index in [9.17, 15) is 18.8 Å². The maximum atomic E-state index is 15.2. The molecule has 2 atom stereocenters. The first-order valence-electron chi connectivity index (χ1n) is 12.2. The number of hydrogen-bond acceptors (Lipinski definition) is 10. The number of morpholine rings is 1. The highest BCUT2D eigenvalue weighted by Crippen LogP contribution is 2.45. The summed E-state index contributed by atoms with van der Waals surface area (Å²) in [5.41, 5.74) is 0.427. The lowest BCUT2D eigenvalue weighted by atomic mass is 9.93. The van der Waals surface area contributed by atoms with Gasteiger partial charge in [-0.05, 0) is 23.3 Å². The van der Waals surface area contributed by atoms with Gasteiger partial charge >= 0.3 is 11.7 Å². The van der Waals surface area contributed by atoms with E-state index in [1.165, 1.54) is 33.7 Å². The third-order valence-electron chi connectivity index (χ3n) is 6.97. The van der Waals surface area contributed by atoms with Crippen LogP contribution in [0.25, 0.3) is 0 Å². The van der Waals surface area contributed by atoms with Crippen molar-refractivity contribution >= 4 is 23.8 Å². The molecule has 4 heterocycles. The summed E-state index contributed by atoms with van der Waals surface area (Å²) in [6.45, 7) is -0.163. The highest BCUT2D eigenvalue weighted by atomic mass is 32.2. The molecule has 1 saturated heterocycles. The van der Waals surface area contributed by atoms with Crippen LogP contribution in [0.1, 0.15) is 33.2 Å². The fraction of sp³-hybridized carbons (Fsp3) is 0.308. The SMILES string of the molecule is COC(=O)OCOc1c2n(cnc1=O)N([C@@H]1c3ccccc3SCc3c1ccc(F)c3F)[C@@H]1COCCN1C2=O. The lowest BCUT2D eigenvalue weighted by Gasteiger charge is -2.51. The second-order valence-corrected chi connectivity index (χ2v) is 10.0. The third kappa shape index (κ3) is 4.23. The molecule has 1 aromatic heterocycles. The Labute approximate surface area is 230 Å². The number of hydrogen-bond donors (Lipinski definition) is 0. The average molecular weight is 573 g/mol. The number of benzene rings is 2. The van der Waals surface area contributed by atoms with Crippen LogP contribution in [0.5, 0.6) is 5.75 Å². The third-order valence-corrected chi connectivity index (χ3v) is 8.08. The largest absolute Gasteiger partial charge is 0.510 e. The van der Waals surface area contributed by atoms with Gasteiger partial charge in [0.1, 0.15) is 12.5 Å². The molecule has 14 heteroatoms. The minimum Gasteiger partial charge on any atom is -0.449 e. The Morgan fingerprint density at radius 3 is 2.83 bits per heavy atom. The zero-order chi connectivity index (χ0) is 28.0. The molecule has 0 unspecified atom stereocenters. The molecule has 0 saturated carbocycles. The number of carbonyl (C=O) groups excluding carboxylic acids is 2. The van der Waals surface area contributed by atoms with Gasteiger partial charge in [-0.2, -0.15) is 4.98 Å². The topological polar surface area (TPSA) is 112 Å². The van der Waals surface area contributed by atoms with Gasteiger partial charge < -0.3 is 23.8 Å². The Morgan fingerprint density at radius 2 is 2.00 bits per heavy atom. The summed E-state index contributed by atoms with van der Waals surface area (Å²) in [6.07, 6.45) is -0.549. The summed E-state index contributed by atoms with van der Waals surface area (Å²) in [7, 11) is 1.11. The van der Waals surface area contributed by atoms with Gasteiger partial charge in [0.05, 0.1) is 26.4 Å². The Balaban J connectivity index is 1.58. The zero-order valence-corrected chi connectivity index (χ0v) is 21.9. The molecule has 0 bridgehead atoms. The van der Waals surface area contributed by atoms with Gasteiger partial charge in [0.15, 0.2) is 17.3 Å². The van der Waals surface area contributed by atoms with E-state index in [1.54, 1.807) is 5.01 Å². The molecule has 208 valence electrons. The monoisotopic (exact) mass is 572 g/mol. The molecule has 2 aromatic carbocycles. The highest BCUT2D eigenvalue weighted by Gasteiger charge is 2.46. The van der Waals surface area contributed by atoms with Crippen LogP contribution in [-0.2, 0) is 20.0 Å². The molecule has 40 heavy (non-hydrogen) atoms. The Bertz CT molecular complexity index is 1570. The van der Waals surface area contributed by atoms with Crippen molar-refractivity contribution in [2.24, 2.45) is 0 Å². The molecular formula is C26H22F2N4O7S. The first-order chi connectivity index (χ1) is 19.4. The van der Waals surface area contributed by atoms with Crippen molar-refractivity contribution in [1.29, 1.82) is 0 Å². The number of aromatic nitrogens is 2. The van der Waals surface area contributed by atoms with E-state index in [-0.39, 0.29) is 36.8 Å². The maximum Gasteiger partial charge on any atom is 0.510 e. The molecule has 3 aromatic rings. The van der Waals surface area contributed by atoms with Crippen LogP contribution in [-0.4, -0.2) is 66.4 Å². The summed E-state index contributed by atoms with van der Waals surface area (Å²) in [6, 6.07) is 9.32. The quantitative estimate of drug-likeness (QED) is 0.342. The van der Waals surface area contributed by atoms with Crippen molar-refractivity contribution in [2.75, 3.05) is 38.7 Å². The van der Waals surface area contributed by atoms with E-state index in [4.69, 9.17) is 14.2 Å². The minimum atomic E-state index is -1.04. The fourth-order valence-electron chi connectivity index (χ4n) is 5.20. The molecule has 6 rings (SSSR count). The zero-order valence-electron chi connectivity index (χ0n) is 21.0. The molecular weight excluding hydrogens is 550 g/mol. The highest BCUT2D eigenvalue weighted by molar-refractivity contribution is 7.98. The number of methoxy groups -OCH3 is 1. The van der Waals surface area contributed by atoms with Crippen molar-refractivity contribution in [3.8, 4) is 5.75 Å². The van der Waals surface area contributed by atoms with Crippen LogP contribution >= 0.6 is 11.8 Å². The summed E-state index contributed by atoms with van der Waals surface area (Å²) >= 11 is 1.37. The number of rotatable bonds is 4. The van der Waals surface area contributed by atoms with Crippen molar-refractivity contribution < 1.29 is 37.3 Å². The lowest BCUT2D eigenvalue weighted by molar-refractivity contribution is -0.0212. The molecule has 0 aliphatic carbocycles. The summed E-state index contributed by atoms with van der Waals surface area (Å²) in [5, 5.41) is 1.76. The Kier molecular flexibility index (Phi) is 6.80. The Morgan fingerprint density at radius 1 is 1.18 bits per heavy atom. The molecule has 0 radical (unpaired) electrons. The number of ether oxygens (including phenoxy) is 4. The number of halogens is 2. The van der Waals surface area contributed by atoms with Crippen LogP contribution in [0.15, 0.2) is 52.4 Å². The van der Waals surface area contributed by atoms with E-state index in [0.29, 0.717) is 5.56 Å². The predicted octanol–water partition coefficient (Wildman–Crippen LogP) is 2.79. The van der Waals surface area contributed by atoms with Gasteiger partial charge in [0.25, 0.3) is 5.91 Å². The van der Waals surface area contributed by atoms with E-state index in [0.717, 1.165) is 23.6 Å². The van der Waals surface area contributed by atoms with E-state index in [2.05, 4.69) is 9.72 Å². The van der Waals surface area contributed by atoms with Gasteiger partial charge in [-0.3, -0.25) is 14.6 Å². The molecule has 1 fully saturated rings. The van der Waals surface area contributed by atoms with Crippen LogP contribution < -0.4 is 15.3 Å². The van der Waals surface area contributed by atoms with Crippen molar-refractivity contribution in [2.45, 2.75) is 22.9 Å². The van der Waals surface area contributed by atoms with E-state index in [1.807, 2.05) is 24.3 Å². The van der Waals surface area contributed by atoms with Crippen LogP contribution in [0.3, 0.4) is 0 Å². The average Bonchev–Trinajstić information content (AvgIpc) is 3.13. The fourth-order valence-corrected chi connectivity index (χ4v) is 6.31. The number of fused-ring (bicyclic) bond motifs is 4. The van der Waals surface area contributed by atoms with Gasteiger partial charge in [-0.25, -0.2) is 18.3 Å². The van der Waals surface area contributed by atoms with Gasteiger partial charge in [0.2, 0.25) is 12.5 Å². The first-order valence-corrected chi connectivity index (χ1v) is 13.2. The maximum absolute atomic E-state index is 15.2. The summed E-state index contributed by atoms with van der Waals surface area (Å²) < 4.78 is 51.4. The molecule has 3 aliphatic rings. The number of thioether (sulfide) groups is 1. The van der Waals surface area contributed by atoms with Crippen LogP contribution in [0.4, 0.5) is 13.6 Å².